The second-order valence-corrected chi connectivity index (χ2v) is 8.49. The van der Waals surface area contributed by atoms with Crippen molar-refractivity contribution in [2.24, 2.45) is 0 Å². The molecule has 1 amide bonds. The summed E-state index contributed by atoms with van der Waals surface area (Å²) in [7, 11) is 0. The maximum atomic E-state index is 13.1. The second-order valence-electron chi connectivity index (χ2n) is 7.70. The summed E-state index contributed by atoms with van der Waals surface area (Å²) in [4.78, 5) is 19.4. The van der Waals surface area contributed by atoms with Gasteiger partial charge in [0.2, 0.25) is 11.7 Å². The van der Waals surface area contributed by atoms with Crippen LogP contribution in [0.25, 0.3) is 22.8 Å². The molecule has 170 valence electrons. The summed E-state index contributed by atoms with van der Waals surface area (Å²) in [6.45, 7) is 6.48. The van der Waals surface area contributed by atoms with Crippen LogP contribution in [-0.2, 0) is 11.3 Å². The van der Waals surface area contributed by atoms with Gasteiger partial charge in [-0.25, -0.2) is 4.68 Å². The molecule has 9 heteroatoms. The third-order valence-corrected chi connectivity index (χ3v) is 5.96. The highest BCUT2D eigenvalue weighted by molar-refractivity contribution is 7.98. The Morgan fingerprint density at radius 3 is 2.55 bits per heavy atom. The van der Waals surface area contributed by atoms with Gasteiger partial charge in [0.25, 0.3) is 5.89 Å². The molecule has 2 heterocycles. The smallest absolute Gasteiger partial charge is 0.264 e. The molecule has 0 aliphatic rings. The Morgan fingerprint density at radius 2 is 1.88 bits per heavy atom. The number of amides is 1. The number of likely N-dealkylation sites (N-methyl/N-ethyl adjacent to an activating group) is 1. The van der Waals surface area contributed by atoms with Crippen LogP contribution in [0.2, 0.25) is 0 Å². The van der Waals surface area contributed by atoms with E-state index in [-0.39, 0.29) is 18.3 Å². The Kier molecular flexibility index (Phi) is 6.50. The van der Waals surface area contributed by atoms with Gasteiger partial charge in [-0.05, 0) is 50.8 Å². The van der Waals surface area contributed by atoms with E-state index < -0.39 is 0 Å². The first-order valence-electron chi connectivity index (χ1n) is 10.6. The van der Waals surface area contributed by atoms with Crippen molar-refractivity contribution in [1.29, 1.82) is 0 Å². The van der Waals surface area contributed by atoms with Gasteiger partial charge in [0, 0.05) is 17.8 Å². The second kappa shape index (κ2) is 9.50. The van der Waals surface area contributed by atoms with Gasteiger partial charge in [-0.2, -0.15) is 10.1 Å². The molecular weight excluding hydrogens is 436 g/mol. The fraction of sp³-hybridized carbons (Fsp3) is 0.250. The lowest BCUT2D eigenvalue weighted by Crippen LogP contribution is -2.34. The van der Waals surface area contributed by atoms with E-state index in [9.17, 15) is 4.79 Å². The van der Waals surface area contributed by atoms with Crippen molar-refractivity contribution in [2.75, 3.05) is 23.4 Å². The van der Waals surface area contributed by atoms with Gasteiger partial charge in [0.1, 0.15) is 23.0 Å². The molecule has 4 rings (SSSR count). The Balaban J connectivity index is 1.64. The Bertz CT molecular complexity index is 1300. The fourth-order valence-electron chi connectivity index (χ4n) is 3.66. The van der Waals surface area contributed by atoms with Gasteiger partial charge in [-0.3, -0.25) is 4.79 Å². The van der Waals surface area contributed by atoms with E-state index in [4.69, 9.17) is 10.3 Å². The number of hydrogen-bond acceptors (Lipinski definition) is 7. The van der Waals surface area contributed by atoms with Crippen molar-refractivity contribution in [3.8, 4) is 22.8 Å². The van der Waals surface area contributed by atoms with Gasteiger partial charge in [0.15, 0.2) is 0 Å². The first kappa shape index (κ1) is 22.6. The maximum Gasteiger partial charge on any atom is 0.264 e. The van der Waals surface area contributed by atoms with Crippen LogP contribution in [0.1, 0.15) is 18.1 Å². The number of hydrogen-bond donors (Lipinski definition) is 1. The van der Waals surface area contributed by atoms with Gasteiger partial charge in [-0.1, -0.05) is 41.1 Å². The maximum absolute atomic E-state index is 13.1. The van der Waals surface area contributed by atoms with Crippen molar-refractivity contribution in [2.45, 2.75) is 32.3 Å². The summed E-state index contributed by atoms with van der Waals surface area (Å²) in [5, 5.41) is 9.29. The Labute approximate surface area is 196 Å². The van der Waals surface area contributed by atoms with Gasteiger partial charge < -0.3 is 15.2 Å². The lowest BCUT2D eigenvalue weighted by atomic mass is 10.1. The average molecular weight is 463 g/mol. The van der Waals surface area contributed by atoms with E-state index in [0.717, 1.165) is 22.4 Å². The van der Waals surface area contributed by atoms with Crippen molar-refractivity contribution in [3.05, 3.63) is 59.7 Å². The number of anilines is 2. The molecule has 0 spiro atoms. The van der Waals surface area contributed by atoms with Crippen LogP contribution in [0.15, 0.2) is 58.1 Å². The molecule has 0 saturated heterocycles. The first-order chi connectivity index (χ1) is 15.9. The number of carbonyl (C=O) groups excluding carboxylic acids is 1. The summed E-state index contributed by atoms with van der Waals surface area (Å²) in [6, 6.07) is 15.7. The van der Waals surface area contributed by atoms with Crippen LogP contribution in [0, 0.1) is 13.8 Å². The highest BCUT2D eigenvalue weighted by Crippen LogP contribution is 2.35. The molecule has 2 aromatic heterocycles. The number of benzene rings is 2. The van der Waals surface area contributed by atoms with Crippen molar-refractivity contribution in [3.63, 3.8) is 0 Å². The fourth-order valence-corrected chi connectivity index (χ4v) is 4.23. The number of carbonyl (C=O) groups is 1. The molecule has 0 fully saturated rings. The lowest BCUT2D eigenvalue weighted by Gasteiger charge is -2.21. The molecule has 0 aliphatic heterocycles. The zero-order valence-corrected chi connectivity index (χ0v) is 19.9. The lowest BCUT2D eigenvalue weighted by molar-refractivity contribution is -0.119. The molecule has 2 N–H and O–H groups in total. The number of nitrogens with zero attached hydrogens (tertiary/aromatic N) is 5. The third-order valence-electron chi connectivity index (χ3n) is 5.28. The van der Waals surface area contributed by atoms with E-state index in [2.05, 4.69) is 15.2 Å². The molecule has 33 heavy (non-hydrogen) atoms. The minimum Gasteiger partial charge on any atom is -0.383 e. The molecule has 2 aromatic carbocycles. The number of aryl methyl sites for hydroxylation is 2. The van der Waals surface area contributed by atoms with E-state index in [1.165, 1.54) is 16.4 Å². The van der Waals surface area contributed by atoms with Crippen LogP contribution in [0.4, 0.5) is 11.5 Å². The summed E-state index contributed by atoms with van der Waals surface area (Å²) in [5.41, 5.74) is 10.9. The Morgan fingerprint density at radius 1 is 1.15 bits per heavy atom. The molecular formula is C24H26N6O2S. The standard InChI is InChI=1S/C24H26N6O2S/c1-5-29(18-11-7-9-16(3)13-18)19(31)14-30-21(25)20(24(27-30)33-4)23-26-22(28-32-23)17-10-6-8-15(2)12-17/h6-13H,5,14,25H2,1-4H3. The summed E-state index contributed by atoms with van der Waals surface area (Å²) in [6.07, 6.45) is 1.89. The number of aromatic nitrogens is 4. The number of rotatable bonds is 7. The van der Waals surface area contributed by atoms with Crippen molar-refractivity contribution in [1.82, 2.24) is 19.9 Å². The average Bonchev–Trinajstić information content (AvgIpc) is 3.39. The minimum absolute atomic E-state index is 0.0000491. The number of nitrogens with two attached hydrogens (primary N) is 1. The van der Waals surface area contributed by atoms with E-state index >= 15 is 0 Å². The van der Waals surface area contributed by atoms with E-state index in [1.54, 1.807) is 4.90 Å². The van der Waals surface area contributed by atoms with Crippen LogP contribution < -0.4 is 10.6 Å². The highest BCUT2D eigenvalue weighted by Gasteiger charge is 2.25. The van der Waals surface area contributed by atoms with Crippen LogP contribution in [0.5, 0.6) is 0 Å². The predicted octanol–water partition coefficient (Wildman–Crippen LogP) is 4.57. The zero-order chi connectivity index (χ0) is 23.5. The minimum atomic E-state index is -0.109. The molecule has 0 aliphatic carbocycles. The van der Waals surface area contributed by atoms with Gasteiger partial charge >= 0.3 is 0 Å². The molecule has 0 radical (unpaired) electrons. The van der Waals surface area contributed by atoms with E-state index in [0.29, 0.717) is 28.8 Å². The predicted molar refractivity (Wildman–Crippen MR) is 131 cm³/mol. The van der Waals surface area contributed by atoms with Crippen LogP contribution in [0.3, 0.4) is 0 Å². The number of thioether (sulfide) groups is 1. The molecule has 0 bridgehead atoms. The molecule has 8 nitrogen and oxygen atoms in total. The number of nitrogen functional groups attached to an aromatic ring is 1. The van der Waals surface area contributed by atoms with E-state index in [1.807, 2.05) is 75.6 Å². The third kappa shape index (κ3) is 4.63. The molecule has 0 unspecified atom stereocenters. The summed E-state index contributed by atoms with van der Waals surface area (Å²) >= 11 is 1.41. The zero-order valence-electron chi connectivity index (χ0n) is 19.1. The first-order valence-corrected chi connectivity index (χ1v) is 11.8. The van der Waals surface area contributed by atoms with Gasteiger partial charge in [-0.15, -0.1) is 11.8 Å². The summed E-state index contributed by atoms with van der Waals surface area (Å²) in [5.74, 6) is 0.952. The highest BCUT2D eigenvalue weighted by atomic mass is 32.2. The summed E-state index contributed by atoms with van der Waals surface area (Å²) < 4.78 is 7.03. The topological polar surface area (TPSA) is 103 Å². The van der Waals surface area contributed by atoms with Crippen molar-refractivity contribution < 1.29 is 9.32 Å². The molecule has 0 atom stereocenters. The largest absolute Gasteiger partial charge is 0.383 e. The van der Waals surface area contributed by atoms with Crippen molar-refractivity contribution >= 4 is 29.2 Å². The quantitative estimate of drug-likeness (QED) is 0.401. The Hall–Kier alpha value is -3.59. The molecule has 0 saturated carbocycles. The monoisotopic (exact) mass is 462 g/mol. The normalized spacial score (nSPS) is 11.0. The SMILES string of the molecule is CCN(C(=O)Cn1nc(SC)c(-c2nc(-c3cccc(C)c3)no2)c1N)c1cccc(C)c1. The molecule has 4 aromatic rings. The van der Waals surface area contributed by atoms with Crippen LogP contribution in [-0.4, -0.2) is 38.6 Å². The van der Waals surface area contributed by atoms with Crippen LogP contribution >= 0.6 is 11.8 Å². The van der Waals surface area contributed by atoms with Gasteiger partial charge in [0.05, 0.1) is 0 Å².